The van der Waals surface area contributed by atoms with Gasteiger partial charge in [0.15, 0.2) is 0 Å². The minimum Gasteiger partial charge on any atom is -0.326 e. The predicted molar refractivity (Wildman–Crippen MR) is 88.3 cm³/mol. The molecule has 0 radical (unpaired) electrons. The summed E-state index contributed by atoms with van der Waals surface area (Å²) in [6.07, 6.45) is 2.65. The second-order valence-electron chi connectivity index (χ2n) is 7.49. The van der Waals surface area contributed by atoms with Crippen molar-refractivity contribution in [1.82, 2.24) is 5.32 Å². The molecule has 2 N–H and O–H groups in total. The third-order valence-electron chi connectivity index (χ3n) is 3.91. The summed E-state index contributed by atoms with van der Waals surface area (Å²) in [5.74, 6) is 0.546. The topological polar surface area (TPSA) is 41.1 Å². The summed E-state index contributed by atoms with van der Waals surface area (Å²) in [7, 11) is 0. The van der Waals surface area contributed by atoms with E-state index in [2.05, 4.69) is 44.4 Å². The number of fused-ring (bicyclic) bond motifs is 1. The second kappa shape index (κ2) is 6.61. The number of amides is 1. The summed E-state index contributed by atoms with van der Waals surface area (Å²) in [6, 6.07) is 6.19. The molecule has 1 amide bonds. The van der Waals surface area contributed by atoms with Crippen molar-refractivity contribution in [3.63, 3.8) is 0 Å². The number of hydrogen-bond acceptors (Lipinski definition) is 2. The maximum Gasteiger partial charge on any atom is 0.224 e. The summed E-state index contributed by atoms with van der Waals surface area (Å²) in [6.45, 7) is 10.7. The fourth-order valence-electron chi connectivity index (χ4n) is 3.28. The van der Waals surface area contributed by atoms with E-state index in [0.29, 0.717) is 12.3 Å². The highest BCUT2D eigenvalue weighted by molar-refractivity contribution is 5.91. The van der Waals surface area contributed by atoms with Crippen LogP contribution in [0.1, 0.15) is 51.7 Å². The van der Waals surface area contributed by atoms with Gasteiger partial charge >= 0.3 is 0 Å². The Morgan fingerprint density at radius 1 is 1.38 bits per heavy atom. The molecule has 2 rings (SSSR count). The van der Waals surface area contributed by atoms with E-state index < -0.39 is 0 Å². The number of benzene rings is 1. The van der Waals surface area contributed by atoms with E-state index in [1.807, 2.05) is 12.1 Å². The standard InChI is InChI=1S/C18H28N2O/c1-13(11-18(2,3)4)10-17(21)20-16-7-5-6-14-12-19-9-8-15(14)16/h5-7,13,19H,8-12H2,1-4H3,(H,20,21). The summed E-state index contributed by atoms with van der Waals surface area (Å²) >= 11 is 0. The van der Waals surface area contributed by atoms with Crippen molar-refractivity contribution in [3.8, 4) is 0 Å². The van der Waals surface area contributed by atoms with Crippen LogP contribution >= 0.6 is 0 Å². The van der Waals surface area contributed by atoms with Gasteiger partial charge in [0.1, 0.15) is 0 Å². The molecule has 1 unspecified atom stereocenters. The summed E-state index contributed by atoms with van der Waals surface area (Å²) in [5.41, 5.74) is 3.88. The number of rotatable bonds is 4. The van der Waals surface area contributed by atoms with E-state index >= 15 is 0 Å². The van der Waals surface area contributed by atoms with Crippen LogP contribution < -0.4 is 10.6 Å². The Hall–Kier alpha value is -1.35. The van der Waals surface area contributed by atoms with Gasteiger partial charge in [-0.1, -0.05) is 39.8 Å². The van der Waals surface area contributed by atoms with Gasteiger partial charge in [0, 0.05) is 18.7 Å². The first-order valence-corrected chi connectivity index (χ1v) is 7.96. The molecule has 0 saturated carbocycles. The smallest absolute Gasteiger partial charge is 0.224 e. The maximum absolute atomic E-state index is 12.3. The zero-order valence-corrected chi connectivity index (χ0v) is 13.8. The van der Waals surface area contributed by atoms with Gasteiger partial charge in [-0.15, -0.1) is 0 Å². The van der Waals surface area contributed by atoms with Crippen LogP contribution in [0.2, 0.25) is 0 Å². The molecule has 3 heteroatoms. The van der Waals surface area contributed by atoms with Crippen molar-refractivity contribution in [1.29, 1.82) is 0 Å². The Morgan fingerprint density at radius 3 is 2.86 bits per heavy atom. The lowest BCUT2D eigenvalue weighted by atomic mass is 9.84. The minimum atomic E-state index is 0.138. The Morgan fingerprint density at radius 2 is 2.14 bits per heavy atom. The molecule has 1 aromatic carbocycles. The molecule has 0 spiro atoms. The van der Waals surface area contributed by atoms with Gasteiger partial charge in [-0.2, -0.15) is 0 Å². The number of anilines is 1. The van der Waals surface area contributed by atoms with Crippen molar-refractivity contribution in [2.24, 2.45) is 11.3 Å². The van der Waals surface area contributed by atoms with Gasteiger partial charge in [-0.05, 0) is 47.9 Å². The first-order valence-electron chi connectivity index (χ1n) is 7.96. The molecule has 1 aliphatic rings. The average Bonchev–Trinajstić information content (AvgIpc) is 2.36. The fourth-order valence-corrected chi connectivity index (χ4v) is 3.28. The molecule has 0 saturated heterocycles. The van der Waals surface area contributed by atoms with Crippen molar-refractivity contribution in [3.05, 3.63) is 29.3 Å². The lowest BCUT2D eigenvalue weighted by Crippen LogP contribution is -2.25. The van der Waals surface area contributed by atoms with Gasteiger partial charge < -0.3 is 10.6 Å². The Bertz CT molecular complexity index is 502. The minimum absolute atomic E-state index is 0.138. The fraction of sp³-hybridized carbons (Fsp3) is 0.611. The van der Waals surface area contributed by atoms with Crippen LogP contribution in [0, 0.1) is 11.3 Å². The molecular weight excluding hydrogens is 260 g/mol. The highest BCUT2D eigenvalue weighted by Gasteiger charge is 2.19. The first-order chi connectivity index (χ1) is 9.85. The lowest BCUT2D eigenvalue weighted by Gasteiger charge is -2.24. The number of nitrogens with one attached hydrogen (secondary N) is 2. The molecular formula is C18H28N2O. The summed E-state index contributed by atoms with van der Waals surface area (Å²) < 4.78 is 0. The zero-order chi connectivity index (χ0) is 15.5. The predicted octanol–water partition coefficient (Wildman–Crippen LogP) is 3.73. The van der Waals surface area contributed by atoms with Crippen LogP contribution in [-0.4, -0.2) is 12.5 Å². The molecule has 0 aromatic heterocycles. The Labute approximate surface area is 128 Å². The van der Waals surface area contributed by atoms with Gasteiger partial charge in [0.25, 0.3) is 0 Å². The van der Waals surface area contributed by atoms with E-state index in [1.54, 1.807) is 0 Å². The molecule has 0 bridgehead atoms. The number of carbonyl (C=O) groups excluding carboxylic acids is 1. The summed E-state index contributed by atoms with van der Waals surface area (Å²) in [5, 5.41) is 6.49. The van der Waals surface area contributed by atoms with Gasteiger partial charge in [-0.3, -0.25) is 4.79 Å². The van der Waals surface area contributed by atoms with E-state index in [-0.39, 0.29) is 11.3 Å². The monoisotopic (exact) mass is 288 g/mol. The van der Waals surface area contributed by atoms with E-state index in [1.165, 1.54) is 11.1 Å². The third kappa shape index (κ3) is 4.85. The molecule has 3 nitrogen and oxygen atoms in total. The summed E-state index contributed by atoms with van der Waals surface area (Å²) in [4.78, 5) is 12.3. The zero-order valence-electron chi connectivity index (χ0n) is 13.8. The van der Waals surface area contributed by atoms with Crippen LogP contribution in [0.15, 0.2) is 18.2 Å². The SMILES string of the molecule is CC(CC(=O)Nc1cccc2c1CCNC2)CC(C)(C)C. The van der Waals surface area contributed by atoms with Gasteiger partial charge in [0.05, 0.1) is 0 Å². The van der Waals surface area contributed by atoms with Crippen molar-refractivity contribution < 1.29 is 4.79 Å². The van der Waals surface area contributed by atoms with E-state index in [9.17, 15) is 4.79 Å². The molecule has 116 valence electrons. The van der Waals surface area contributed by atoms with E-state index in [0.717, 1.165) is 31.6 Å². The van der Waals surface area contributed by atoms with Crippen molar-refractivity contribution in [2.75, 3.05) is 11.9 Å². The van der Waals surface area contributed by atoms with Gasteiger partial charge in [-0.25, -0.2) is 0 Å². The van der Waals surface area contributed by atoms with Crippen molar-refractivity contribution in [2.45, 2.75) is 53.5 Å². The Kier molecular flexibility index (Phi) is 5.04. The largest absolute Gasteiger partial charge is 0.326 e. The third-order valence-corrected chi connectivity index (χ3v) is 3.91. The number of hydrogen-bond donors (Lipinski definition) is 2. The van der Waals surface area contributed by atoms with Crippen LogP contribution in [0.25, 0.3) is 0 Å². The Balaban J connectivity index is 1.97. The van der Waals surface area contributed by atoms with Crippen LogP contribution in [0.3, 0.4) is 0 Å². The van der Waals surface area contributed by atoms with Crippen LogP contribution in [0.5, 0.6) is 0 Å². The van der Waals surface area contributed by atoms with Crippen molar-refractivity contribution >= 4 is 11.6 Å². The molecule has 1 aliphatic heterocycles. The van der Waals surface area contributed by atoms with E-state index in [4.69, 9.17) is 0 Å². The maximum atomic E-state index is 12.3. The number of carbonyl (C=O) groups is 1. The normalized spacial score (nSPS) is 16.2. The first kappa shape index (κ1) is 16.0. The molecule has 0 aliphatic carbocycles. The highest BCUT2D eigenvalue weighted by atomic mass is 16.1. The molecule has 1 heterocycles. The second-order valence-corrected chi connectivity index (χ2v) is 7.49. The molecule has 0 fully saturated rings. The molecule has 1 aromatic rings. The highest BCUT2D eigenvalue weighted by Crippen LogP contribution is 2.27. The van der Waals surface area contributed by atoms with Crippen LogP contribution in [0.4, 0.5) is 5.69 Å². The molecule has 1 atom stereocenters. The average molecular weight is 288 g/mol. The molecule has 21 heavy (non-hydrogen) atoms. The quantitative estimate of drug-likeness (QED) is 0.886. The lowest BCUT2D eigenvalue weighted by molar-refractivity contribution is -0.117. The van der Waals surface area contributed by atoms with Gasteiger partial charge in [0.2, 0.25) is 5.91 Å². The van der Waals surface area contributed by atoms with Crippen LogP contribution in [-0.2, 0) is 17.8 Å².